The molecule has 1 aromatic carbocycles. The summed E-state index contributed by atoms with van der Waals surface area (Å²) in [5.41, 5.74) is 2.15. The summed E-state index contributed by atoms with van der Waals surface area (Å²) in [5, 5.41) is 15.4. The molecule has 0 radical (unpaired) electrons. The van der Waals surface area contributed by atoms with Crippen molar-refractivity contribution in [1.82, 2.24) is 10.6 Å². The minimum absolute atomic E-state index is 0.114. The van der Waals surface area contributed by atoms with Gasteiger partial charge < -0.3 is 15.7 Å². The average Bonchev–Trinajstić information content (AvgIpc) is 2.50. The normalized spacial score (nSPS) is 13.6. The highest BCUT2D eigenvalue weighted by Gasteiger charge is 2.13. The van der Waals surface area contributed by atoms with Crippen LogP contribution in [0.1, 0.15) is 31.0 Å². The molecule has 0 aliphatic heterocycles. The van der Waals surface area contributed by atoms with Crippen LogP contribution in [0.3, 0.4) is 0 Å². The summed E-state index contributed by atoms with van der Waals surface area (Å²) in [4.78, 5) is 11.8. The number of rotatable bonds is 7. The first-order chi connectivity index (χ1) is 9.60. The Hall–Kier alpha value is -1.20. The molecule has 0 aliphatic rings. The fraction of sp³-hybridized carbons (Fsp3) is 0.533. The number of benzene rings is 1. The molecular formula is C15H24N2O2S. The Kier molecular flexibility index (Phi) is 7.47. The van der Waals surface area contributed by atoms with Gasteiger partial charge in [-0.25, -0.2) is 4.79 Å². The second-order valence-corrected chi connectivity index (χ2v) is 6.01. The van der Waals surface area contributed by atoms with Gasteiger partial charge in [-0.3, -0.25) is 0 Å². The molecule has 4 nitrogen and oxygen atoms in total. The molecule has 0 saturated carbocycles. The third-order valence-electron chi connectivity index (χ3n) is 3.23. The van der Waals surface area contributed by atoms with Crippen LogP contribution in [0, 0.1) is 0 Å². The summed E-state index contributed by atoms with van der Waals surface area (Å²) in [7, 11) is 0. The average molecular weight is 296 g/mol. The van der Waals surface area contributed by atoms with Crippen molar-refractivity contribution in [2.24, 2.45) is 0 Å². The molecular weight excluding hydrogens is 272 g/mol. The number of thioether (sulfide) groups is 1. The number of aliphatic hydroxyl groups excluding tert-OH is 1. The highest BCUT2D eigenvalue weighted by molar-refractivity contribution is 7.99. The zero-order valence-electron chi connectivity index (χ0n) is 12.3. The Morgan fingerprint density at radius 1 is 1.35 bits per heavy atom. The maximum absolute atomic E-state index is 11.8. The number of carbonyl (C=O) groups is 1. The maximum atomic E-state index is 11.8. The van der Waals surface area contributed by atoms with Gasteiger partial charge in [-0.1, -0.05) is 38.1 Å². The van der Waals surface area contributed by atoms with E-state index >= 15 is 0 Å². The molecule has 0 bridgehead atoms. The van der Waals surface area contributed by atoms with Crippen LogP contribution in [-0.4, -0.2) is 35.8 Å². The maximum Gasteiger partial charge on any atom is 0.315 e. The lowest BCUT2D eigenvalue weighted by molar-refractivity contribution is 0.217. The predicted octanol–water partition coefficient (Wildman–Crippen LogP) is 2.33. The van der Waals surface area contributed by atoms with E-state index in [0.717, 1.165) is 12.0 Å². The molecule has 2 atom stereocenters. The first-order valence-electron chi connectivity index (χ1n) is 6.87. The van der Waals surface area contributed by atoms with Crippen LogP contribution in [0.5, 0.6) is 0 Å². The molecule has 5 heteroatoms. The van der Waals surface area contributed by atoms with E-state index in [-0.39, 0.29) is 18.7 Å². The topological polar surface area (TPSA) is 61.4 Å². The fourth-order valence-electron chi connectivity index (χ4n) is 1.75. The molecule has 0 spiro atoms. The van der Waals surface area contributed by atoms with Crippen molar-refractivity contribution in [3.63, 3.8) is 0 Å². The van der Waals surface area contributed by atoms with Gasteiger partial charge in [-0.15, -0.1) is 0 Å². The minimum Gasteiger partial charge on any atom is -0.394 e. The molecule has 0 heterocycles. The number of hydrogen-bond acceptors (Lipinski definition) is 3. The lowest BCUT2D eigenvalue weighted by Crippen LogP contribution is -2.41. The Morgan fingerprint density at radius 2 is 2.00 bits per heavy atom. The minimum atomic E-state index is -0.370. The molecule has 0 saturated heterocycles. The van der Waals surface area contributed by atoms with Crippen molar-refractivity contribution in [2.45, 2.75) is 31.6 Å². The van der Waals surface area contributed by atoms with Gasteiger partial charge in [0.1, 0.15) is 0 Å². The summed E-state index contributed by atoms with van der Waals surface area (Å²) in [5.74, 6) is 0. The second-order valence-electron chi connectivity index (χ2n) is 4.73. The SMILES string of the molecule is CCc1ccc(C(CO)NC(=O)NCC(C)SC)cc1. The Labute approximate surface area is 125 Å². The van der Waals surface area contributed by atoms with E-state index in [1.807, 2.05) is 30.5 Å². The third-order valence-corrected chi connectivity index (χ3v) is 4.20. The molecule has 0 aromatic heterocycles. The van der Waals surface area contributed by atoms with Crippen molar-refractivity contribution in [2.75, 3.05) is 19.4 Å². The largest absolute Gasteiger partial charge is 0.394 e. The van der Waals surface area contributed by atoms with E-state index in [1.54, 1.807) is 11.8 Å². The van der Waals surface area contributed by atoms with Gasteiger partial charge in [0.15, 0.2) is 0 Å². The van der Waals surface area contributed by atoms with Crippen molar-refractivity contribution in [3.8, 4) is 0 Å². The van der Waals surface area contributed by atoms with Crippen LogP contribution >= 0.6 is 11.8 Å². The number of nitrogens with one attached hydrogen (secondary N) is 2. The van der Waals surface area contributed by atoms with Crippen LogP contribution in [0.15, 0.2) is 24.3 Å². The second kappa shape index (κ2) is 8.87. The monoisotopic (exact) mass is 296 g/mol. The summed E-state index contributed by atoms with van der Waals surface area (Å²) in [6, 6.07) is 7.32. The van der Waals surface area contributed by atoms with Crippen LogP contribution < -0.4 is 10.6 Å². The Balaban J connectivity index is 2.55. The van der Waals surface area contributed by atoms with Gasteiger partial charge in [-0.05, 0) is 23.8 Å². The van der Waals surface area contributed by atoms with Gasteiger partial charge in [0.05, 0.1) is 12.6 Å². The first-order valence-corrected chi connectivity index (χ1v) is 8.16. The van der Waals surface area contributed by atoms with Gasteiger partial charge in [0, 0.05) is 11.8 Å². The smallest absolute Gasteiger partial charge is 0.315 e. The number of aliphatic hydroxyl groups is 1. The fourth-order valence-corrected chi connectivity index (χ4v) is 2.00. The highest BCUT2D eigenvalue weighted by atomic mass is 32.2. The van der Waals surface area contributed by atoms with Gasteiger partial charge in [-0.2, -0.15) is 11.8 Å². The molecule has 2 unspecified atom stereocenters. The third kappa shape index (κ3) is 5.43. The van der Waals surface area contributed by atoms with E-state index in [1.165, 1.54) is 5.56 Å². The van der Waals surface area contributed by atoms with Gasteiger partial charge >= 0.3 is 6.03 Å². The molecule has 2 amide bonds. The van der Waals surface area contributed by atoms with E-state index in [4.69, 9.17) is 0 Å². The van der Waals surface area contributed by atoms with Crippen LogP contribution in [0.25, 0.3) is 0 Å². The lowest BCUT2D eigenvalue weighted by Gasteiger charge is -2.18. The number of hydrogen-bond donors (Lipinski definition) is 3. The summed E-state index contributed by atoms with van der Waals surface area (Å²) in [6.45, 7) is 4.64. The molecule has 0 aliphatic carbocycles. The van der Waals surface area contributed by atoms with Crippen molar-refractivity contribution in [1.29, 1.82) is 0 Å². The first kappa shape index (κ1) is 16.9. The van der Waals surface area contributed by atoms with Crippen LogP contribution in [0.4, 0.5) is 4.79 Å². The molecule has 0 fully saturated rings. The van der Waals surface area contributed by atoms with Crippen molar-refractivity contribution in [3.05, 3.63) is 35.4 Å². The van der Waals surface area contributed by atoms with Gasteiger partial charge in [0.2, 0.25) is 0 Å². The van der Waals surface area contributed by atoms with Crippen LogP contribution in [-0.2, 0) is 6.42 Å². The van der Waals surface area contributed by atoms with Crippen LogP contribution in [0.2, 0.25) is 0 Å². The number of urea groups is 1. The lowest BCUT2D eigenvalue weighted by atomic mass is 10.0. The standard InChI is InChI=1S/C15H24N2O2S/c1-4-12-5-7-13(8-6-12)14(10-18)17-15(19)16-9-11(2)20-3/h5-8,11,14,18H,4,9-10H2,1-3H3,(H2,16,17,19). The summed E-state index contributed by atoms with van der Waals surface area (Å²) >= 11 is 1.70. The van der Waals surface area contributed by atoms with Gasteiger partial charge in [0.25, 0.3) is 0 Å². The van der Waals surface area contributed by atoms with E-state index < -0.39 is 0 Å². The highest BCUT2D eigenvalue weighted by Crippen LogP contribution is 2.14. The van der Waals surface area contributed by atoms with Crippen molar-refractivity contribution < 1.29 is 9.90 Å². The van der Waals surface area contributed by atoms with E-state index in [0.29, 0.717) is 11.8 Å². The number of carbonyl (C=O) groups excluding carboxylic acids is 1. The molecule has 112 valence electrons. The van der Waals surface area contributed by atoms with E-state index in [9.17, 15) is 9.90 Å². The Bertz CT molecular complexity index is 409. The predicted molar refractivity (Wildman–Crippen MR) is 85.2 cm³/mol. The summed E-state index contributed by atoms with van der Waals surface area (Å²) in [6.07, 6.45) is 2.99. The number of amides is 2. The van der Waals surface area contributed by atoms with E-state index in [2.05, 4.69) is 24.5 Å². The zero-order chi connectivity index (χ0) is 15.0. The molecule has 20 heavy (non-hydrogen) atoms. The molecule has 1 rings (SSSR count). The van der Waals surface area contributed by atoms with Crippen molar-refractivity contribution >= 4 is 17.8 Å². The zero-order valence-corrected chi connectivity index (χ0v) is 13.2. The summed E-state index contributed by atoms with van der Waals surface area (Å²) < 4.78 is 0. The molecule has 1 aromatic rings. The Morgan fingerprint density at radius 3 is 2.50 bits per heavy atom. The molecule has 3 N–H and O–H groups in total. The quantitative estimate of drug-likeness (QED) is 0.724. The number of aryl methyl sites for hydroxylation is 1.